The molecule has 0 aliphatic carbocycles. The molecular weight excluding hydrogens is 449 g/mol. The van der Waals surface area contributed by atoms with E-state index in [1.807, 2.05) is 18.2 Å². The molecule has 0 heterocycles. The van der Waals surface area contributed by atoms with Crippen LogP contribution in [0.3, 0.4) is 0 Å². The minimum atomic E-state index is 0. The number of hydrogen-bond acceptors (Lipinski definition) is 0. The van der Waals surface area contributed by atoms with Crippen molar-refractivity contribution in [3.05, 3.63) is 91.0 Å². The van der Waals surface area contributed by atoms with Gasteiger partial charge in [-0.25, -0.2) is 0 Å². The van der Waals surface area contributed by atoms with E-state index in [1.54, 1.807) is 0 Å². The van der Waals surface area contributed by atoms with Crippen molar-refractivity contribution in [2.45, 2.75) is 0 Å². The molecule has 0 unspecified atom stereocenters. The molecule has 0 aliphatic rings. The summed E-state index contributed by atoms with van der Waals surface area (Å²) in [4.78, 5) is 0. The number of rotatable bonds is 3. The molecule has 0 saturated heterocycles. The Labute approximate surface area is 145 Å². The molecule has 0 nitrogen and oxygen atoms in total. The Balaban J connectivity index is 0.00000161. The van der Waals surface area contributed by atoms with Gasteiger partial charge in [-0.1, -0.05) is 91.5 Å². The molecule has 1 heteroatoms. The summed E-state index contributed by atoms with van der Waals surface area (Å²) in [6.45, 7) is 3.95. The third-order valence-corrected chi connectivity index (χ3v) is 3.46. The van der Waals surface area contributed by atoms with Crippen molar-refractivity contribution in [1.82, 2.24) is 0 Å². The first-order valence-electron chi connectivity index (χ1n) is 6.76. The molecule has 0 aromatic heterocycles. The first-order valence-corrected chi connectivity index (χ1v) is 6.76. The second kappa shape index (κ2) is 7.34. The van der Waals surface area contributed by atoms with Crippen LogP contribution in [0, 0.1) is 0 Å². The maximum absolute atomic E-state index is 3.95. The van der Waals surface area contributed by atoms with E-state index in [-0.39, 0.29) is 26.2 Å². The molecule has 0 aliphatic heterocycles. The van der Waals surface area contributed by atoms with Gasteiger partial charge in [-0.3, -0.25) is 0 Å². The van der Waals surface area contributed by atoms with Gasteiger partial charge in [0.05, 0.1) is 0 Å². The molecule has 21 heavy (non-hydrogen) atoms. The van der Waals surface area contributed by atoms with Crippen molar-refractivity contribution in [3.8, 4) is 22.3 Å². The fraction of sp³-hybridized carbons (Fsp3) is 0. The Morgan fingerprint density at radius 2 is 1.19 bits per heavy atom. The van der Waals surface area contributed by atoms with E-state index in [9.17, 15) is 0 Å². The quantitative estimate of drug-likeness (QED) is 0.462. The molecule has 0 spiro atoms. The molecule has 3 aromatic carbocycles. The van der Waals surface area contributed by atoms with Crippen LogP contribution in [0.4, 0.5) is 0 Å². The van der Waals surface area contributed by atoms with Crippen LogP contribution in [-0.4, -0.2) is 26.2 Å². The second-order valence-corrected chi connectivity index (χ2v) is 4.71. The van der Waals surface area contributed by atoms with Crippen LogP contribution in [0.1, 0.15) is 5.56 Å². The van der Waals surface area contributed by atoms with Crippen LogP contribution in [0.2, 0.25) is 0 Å². The van der Waals surface area contributed by atoms with Gasteiger partial charge < -0.3 is 0 Å². The molecular formula is C20H16Bi. The minimum Gasteiger partial charge on any atom is -0.0984 e. The van der Waals surface area contributed by atoms with Crippen molar-refractivity contribution < 1.29 is 0 Å². The summed E-state index contributed by atoms with van der Waals surface area (Å²) in [5.41, 5.74) is 6.11. The maximum atomic E-state index is 3.95. The summed E-state index contributed by atoms with van der Waals surface area (Å²) in [6.07, 6.45) is 1.93. The summed E-state index contributed by atoms with van der Waals surface area (Å²) < 4.78 is 0. The molecule has 101 valence electrons. The minimum absolute atomic E-state index is 0. The average Bonchev–Trinajstić information content (AvgIpc) is 2.55. The predicted octanol–water partition coefficient (Wildman–Crippen LogP) is 5.28. The van der Waals surface area contributed by atoms with Gasteiger partial charge in [-0.2, -0.15) is 0 Å². The van der Waals surface area contributed by atoms with Crippen molar-refractivity contribution in [2.75, 3.05) is 0 Å². The molecule has 0 amide bonds. The van der Waals surface area contributed by atoms with E-state index in [1.165, 1.54) is 22.3 Å². The van der Waals surface area contributed by atoms with Crippen LogP contribution in [-0.2, 0) is 0 Å². The van der Waals surface area contributed by atoms with Crippen LogP contribution < -0.4 is 0 Å². The largest absolute Gasteiger partial charge is 0.0984 e. The van der Waals surface area contributed by atoms with Crippen molar-refractivity contribution in [2.24, 2.45) is 0 Å². The predicted molar refractivity (Wildman–Crippen MR) is 93.2 cm³/mol. The van der Waals surface area contributed by atoms with Crippen LogP contribution in [0.15, 0.2) is 85.4 Å². The van der Waals surface area contributed by atoms with Crippen LogP contribution in [0.5, 0.6) is 0 Å². The van der Waals surface area contributed by atoms with Gasteiger partial charge in [-0.15, -0.1) is 0 Å². The Kier molecular flexibility index (Phi) is 5.47. The molecule has 0 fully saturated rings. The zero-order valence-electron chi connectivity index (χ0n) is 11.7. The molecule has 0 saturated carbocycles. The zero-order valence-corrected chi connectivity index (χ0v) is 15.2. The van der Waals surface area contributed by atoms with E-state index >= 15 is 0 Å². The van der Waals surface area contributed by atoms with Gasteiger partial charge in [0.1, 0.15) is 0 Å². The SMILES string of the molecule is C=Cc1cccc(-c2ccccc2)c1-c1ccccc1.[Bi]. The van der Waals surface area contributed by atoms with Crippen molar-refractivity contribution in [1.29, 1.82) is 0 Å². The molecule has 0 bridgehead atoms. The third kappa shape index (κ3) is 3.31. The standard InChI is InChI=1S/C20H16.Bi/c1-2-16-14-9-15-19(17-10-5-3-6-11-17)20(16)18-12-7-4-8-13-18;/h2-15H,1H2;. The van der Waals surface area contributed by atoms with E-state index < -0.39 is 0 Å². The second-order valence-electron chi connectivity index (χ2n) is 4.71. The monoisotopic (exact) mass is 465 g/mol. The summed E-state index contributed by atoms with van der Waals surface area (Å²) in [7, 11) is 0. The Hall–Kier alpha value is -1.72. The van der Waals surface area contributed by atoms with Gasteiger partial charge in [0.2, 0.25) is 0 Å². The molecule has 3 radical (unpaired) electrons. The van der Waals surface area contributed by atoms with E-state index in [0.29, 0.717) is 0 Å². The number of benzene rings is 3. The Morgan fingerprint density at radius 3 is 1.76 bits per heavy atom. The molecule has 0 atom stereocenters. The van der Waals surface area contributed by atoms with Gasteiger partial charge in [0.15, 0.2) is 0 Å². The Bertz CT molecular complexity index is 715. The summed E-state index contributed by atoms with van der Waals surface area (Å²) in [5.74, 6) is 0. The summed E-state index contributed by atoms with van der Waals surface area (Å²) in [5, 5.41) is 0. The van der Waals surface area contributed by atoms with Gasteiger partial charge in [0, 0.05) is 26.2 Å². The average molecular weight is 465 g/mol. The van der Waals surface area contributed by atoms with Crippen LogP contribution >= 0.6 is 0 Å². The third-order valence-electron chi connectivity index (χ3n) is 3.46. The topological polar surface area (TPSA) is 0 Å². The first-order chi connectivity index (χ1) is 9.90. The van der Waals surface area contributed by atoms with Crippen molar-refractivity contribution in [3.63, 3.8) is 0 Å². The fourth-order valence-corrected chi connectivity index (χ4v) is 2.53. The van der Waals surface area contributed by atoms with Crippen molar-refractivity contribution >= 4 is 32.3 Å². The zero-order chi connectivity index (χ0) is 13.8. The van der Waals surface area contributed by atoms with Gasteiger partial charge in [-0.05, 0) is 27.8 Å². The molecule has 3 rings (SSSR count). The van der Waals surface area contributed by atoms with Gasteiger partial charge in [0.25, 0.3) is 0 Å². The van der Waals surface area contributed by atoms with E-state index in [0.717, 1.165) is 5.56 Å². The Morgan fingerprint density at radius 1 is 0.619 bits per heavy atom. The maximum Gasteiger partial charge on any atom is 0 e. The summed E-state index contributed by atoms with van der Waals surface area (Å²) >= 11 is 0. The van der Waals surface area contributed by atoms with E-state index in [4.69, 9.17) is 0 Å². The van der Waals surface area contributed by atoms with Crippen LogP contribution in [0.25, 0.3) is 28.3 Å². The smallest absolute Gasteiger partial charge is 0 e. The normalized spacial score (nSPS) is 9.71. The summed E-state index contributed by atoms with van der Waals surface area (Å²) in [6, 6.07) is 27.3. The van der Waals surface area contributed by atoms with E-state index in [2.05, 4.69) is 73.3 Å². The fourth-order valence-electron chi connectivity index (χ4n) is 2.53. The number of hydrogen-bond donors (Lipinski definition) is 0. The molecule has 3 aromatic rings. The first kappa shape index (κ1) is 15.7. The van der Waals surface area contributed by atoms with Gasteiger partial charge >= 0.3 is 0 Å². The molecule has 0 N–H and O–H groups in total.